The lowest BCUT2D eigenvalue weighted by molar-refractivity contribution is 0.0994. The van der Waals surface area contributed by atoms with Gasteiger partial charge in [-0.15, -0.1) is 0 Å². The van der Waals surface area contributed by atoms with Crippen LogP contribution in [0.15, 0.2) is 6.20 Å². The molecule has 0 bridgehead atoms. The molecule has 0 spiro atoms. The minimum Gasteiger partial charge on any atom is -0.477 e. The van der Waals surface area contributed by atoms with Crippen molar-refractivity contribution in [2.75, 3.05) is 31.6 Å². The number of carbonyl (C=O) groups excluding carboxylic acids is 2. The van der Waals surface area contributed by atoms with E-state index in [9.17, 15) is 9.59 Å². The molecule has 0 aliphatic carbocycles. The molecule has 1 aliphatic heterocycles. The van der Waals surface area contributed by atoms with Gasteiger partial charge in [0, 0.05) is 26.2 Å². The Kier molecular flexibility index (Phi) is 4.97. The zero-order valence-electron chi connectivity index (χ0n) is 12.5. The number of primary amides is 1. The van der Waals surface area contributed by atoms with E-state index in [1.807, 2.05) is 4.90 Å². The van der Waals surface area contributed by atoms with Crippen molar-refractivity contribution in [1.82, 2.24) is 15.3 Å². The quantitative estimate of drug-likeness (QED) is 0.779. The molecule has 1 aliphatic rings. The fourth-order valence-electron chi connectivity index (χ4n) is 2.14. The maximum absolute atomic E-state index is 11.3. The molecule has 0 unspecified atom stereocenters. The number of amides is 2. The van der Waals surface area contributed by atoms with Crippen LogP contribution < -0.4 is 20.7 Å². The van der Waals surface area contributed by atoms with Crippen LogP contribution >= 0.6 is 0 Å². The molecule has 2 rings (SSSR count). The third kappa shape index (κ3) is 3.54. The number of nitrogens with two attached hydrogens (primary N) is 1. The molecule has 0 saturated carbocycles. The van der Waals surface area contributed by atoms with Crippen LogP contribution in [-0.2, 0) is 4.74 Å². The Hall–Kier alpha value is -2.58. The summed E-state index contributed by atoms with van der Waals surface area (Å²) in [6.45, 7) is 3.27. The van der Waals surface area contributed by atoms with Crippen LogP contribution in [0.25, 0.3) is 0 Å². The predicted molar refractivity (Wildman–Crippen MR) is 77.9 cm³/mol. The second-order valence-electron chi connectivity index (χ2n) is 4.70. The monoisotopic (exact) mass is 309 g/mol. The number of carbonyl (C=O) groups is 2. The molecule has 1 atom stereocenters. The highest BCUT2D eigenvalue weighted by molar-refractivity contribution is 5.94. The summed E-state index contributed by atoms with van der Waals surface area (Å²) in [5.41, 5.74) is 5.41. The molecular weight excluding hydrogens is 290 g/mol. The van der Waals surface area contributed by atoms with Gasteiger partial charge >= 0.3 is 6.09 Å². The van der Waals surface area contributed by atoms with Crippen molar-refractivity contribution < 1.29 is 19.1 Å². The van der Waals surface area contributed by atoms with Gasteiger partial charge in [0.25, 0.3) is 5.91 Å². The maximum Gasteiger partial charge on any atom is 0.407 e. The lowest BCUT2D eigenvalue weighted by atomic mass is 10.3. The number of nitrogens with zero attached hydrogens (tertiary/aromatic N) is 3. The Morgan fingerprint density at radius 1 is 1.55 bits per heavy atom. The van der Waals surface area contributed by atoms with E-state index in [0.717, 1.165) is 0 Å². The van der Waals surface area contributed by atoms with Gasteiger partial charge in [0.1, 0.15) is 11.7 Å². The van der Waals surface area contributed by atoms with Gasteiger partial charge in [-0.25, -0.2) is 9.78 Å². The molecule has 9 nitrogen and oxygen atoms in total. The molecule has 1 fully saturated rings. The molecule has 120 valence electrons. The molecule has 2 heterocycles. The van der Waals surface area contributed by atoms with Crippen molar-refractivity contribution in [2.45, 2.75) is 19.4 Å². The minimum atomic E-state index is -0.641. The van der Waals surface area contributed by atoms with Crippen LogP contribution in [-0.4, -0.2) is 54.8 Å². The standard InChI is InChI=1S/C13H19N5O4/c1-3-21-11-9(10(14)19)6-16-12(17-11)18-5-4-8(7-18)22-13(20)15-2/h6,8H,3-5,7H2,1-2H3,(H2,14,19)(H,15,20)/t8-/m0/s1. The molecule has 9 heteroatoms. The fraction of sp³-hybridized carbons (Fsp3) is 0.538. The highest BCUT2D eigenvalue weighted by atomic mass is 16.6. The minimum absolute atomic E-state index is 0.142. The normalized spacial score (nSPS) is 17.2. The first-order chi connectivity index (χ1) is 10.5. The Morgan fingerprint density at radius 3 is 2.95 bits per heavy atom. The molecule has 2 amide bonds. The zero-order valence-corrected chi connectivity index (χ0v) is 12.5. The van der Waals surface area contributed by atoms with Crippen LogP contribution in [0.5, 0.6) is 5.88 Å². The van der Waals surface area contributed by atoms with Gasteiger partial charge in [0.15, 0.2) is 0 Å². The first-order valence-electron chi connectivity index (χ1n) is 6.98. The second kappa shape index (κ2) is 6.92. The number of hydrogen-bond donors (Lipinski definition) is 2. The summed E-state index contributed by atoms with van der Waals surface area (Å²) in [7, 11) is 1.51. The molecule has 3 N–H and O–H groups in total. The Bertz CT molecular complexity index is 565. The van der Waals surface area contributed by atoms with Crippen LogP contribution in [0.1, 0.15) is 23.7 Å². The van der Waals surface area contributed by atoms with E-state index in [1.54, 1.807) is 6.92 Å². The van der Waals surface area contributed by atoms with E-state index in [-0.39, 0.29) is 17.5 Å². The Labute approximate surface area is 127 Å². The van der Waals surface area contributed by atoms with Crippen molar-refractivity contribution in [2.24, 2.45) is 5.73 Å². The van der Waals surface area contributed by atoms with Gasteiger partial charge in [-0.2, -0.15) is 4.98 Å². The first kappa shape index (κ1) is 15.8. The van der Waals surface area contributed by atoms with Gasteiger partial charge in [-0.1, -0.05) is 0 Å². The third-order valence-corrected chi connectivity index (χ3v) is 3.19. The van der Waals surface area contributed by atoms with Crippen LogP contribution in [0, 0.1) is 0 Å². The topological polar surface area (TPSA) is 120 Å². The van der Waals surface area contributed by atoms with Gasteiger partial charge in [0.2, 0.25) is 11.8 Å². The SMILES string of the molecule is CCOc1nc(N2CC[C@H](OC(=O)NC)C2)ncc1C(N)=O. The summed E-state index contributed by atoms with van der Waals surface area (Å²) in [5.74, 6) is -0.0654. The highest BCUT2D eigenvalue weighted by Crippen LogP contribution is 2.22. The van der Waals surface area contributed by atoms with E-state index in [4.69, 9.17) is 15.2 Å². The molecule has 22 heavy (non-hydrogen) atoms. The number of rotatable bonds is 5. The van der Waals surface area contributed by atoms with Crippen molar-refractivity contribution in [3.05, 3.63) is 11.8 Å². The van der Waals surface area contributed by atoms with Crippen molar-refractivity contribution in [1.29, 1.82) is 0 Å². The van der Waals surface area contributed by atoms with Gasteiger partial charge < -0.3 is 25.4 Å². The van der Waals surface area contributed by atoms with Gasteiger partial charge in [0.05, 0.1) is 13.2 Å². The van der Waals surface area contributed by atoms with E-state index in [1.165, 1.54) is 13.2 Å². The summed E-state index contributed by atoms with van der Waals surface area (Å²) in [6.07, 6.45) is 1.34. The molecular formula is C13H19N5O4. The molecule has 1 aromatic rings. The number of nitrogens with one attached hydrogen (secondary N) is 1. The van der Waals surface area contributed by atoms with Gasteiger partial charge in [-0.05, 0) is 6.92 Å². The number of aromatic nitrogens is 2. The zero-order chi connectivity index (χ0) is 16.1. The highest BCUT2D eigenvalue weighted by Gasteiger charge is 2.28. The molecule has 1 aromatic heterocycles. The van der Waals surface area contributed by atoms with E-state index in [2.05, 4.69) is 15.3 Å². The van der Waals surface area contributed by atoms with E-state index in [0.29, 0.717) is 32.1 Å². The summed E-state index contributed by atoms with van der Waals surface area (Å²) >= 11 is 0. The van der Waals surface area contributed by atoms with Crippen LogP contribution in [0.4, 0.5) is 10.7 Å². The van der Waals surface area contributed by atoms with Crippen LogP contribution in [0.2, 0.25) is 0 Å². The van der Waals surface area contributed by atoms with Crippen molar-refractivity contribution >= 4 is 17.9 Å². The maximum atomic E-state index is 11.3. The average Bonchev–Trinajstić information content (AvgIpc) is 2.95. The number of hydrogen-bond acceptors (Lipinski definition) is 7. The van der Waals surface area contributed by atoms with Gasteiger partial charge in [-0.3, -0.25) is 4.79 Å². The number of alkyl carbamates (subject to hydrolysis) is 1. The summed E-state index contributed by atoms with van der Waals surface area (Å²) in [4.78, 5) is 32.8. The largest absolute Gasteiger partial charge is 0.477 e. The van der Waals surface area contributed by atoms with Crippen molar-refractivity contribution in [3.8, 4) is 5.88 Å². The molecule has 0 aromatic carbocycles. The number of ether oxygens (including phenoxy) is 2. The summed E-state index contributed by atoms with van der Waals surface area (Å²) < 4.78 is 10.5. The summed E-state index contributed by atoms with van der Waals surface area (Å²) in [5, 5.41) is 2.41. The Balaban J connectivity index is 2.11. The van der Waals surface area contributed by atoms with Crippen molar-refractivity contribution in [3.63, 3.8) is 0 Å². The number of anilines is 1. The van der Waals surface area contributed by atoms with E-state index < -0.39 is 12.0 Å². The van der Waals surface area contributed by atoms with E-state index >= 15 is 0 Å². The molecule has 1 saturated heterocycles. The Morgan fingerprint density at radius 2 is 2.32 bits per heavy atom. The second-order valence-corrected chi connectivity index (χ2v) is 4.70. The predicted octanol–water partition coefficient (Wildman–Crippen LogP) is -0.0911. The average molecular weight is 309 g/mol. The summed E-state index contributed by atoms with van der Waals surface area (Å²) in [6, 6.07) is 0. The van der Waals surface area contributed by atoms with Crippen LogP contribution in [0.3, 0.4) is 0 Å². The first-order valence-corrected chi connectivity index (χ1v) is 6.98. The molecule has 0 radical (unpaired) electrons. The fourth-order valence-corrected chi connectivity index (χ4v) is 2.14. The smallest absolute Gasteiger partial charge is 0.407 e. The lowest BCUT2D eigenvalue weighted by Gasteiger charge is -2.17. The third-order valence-electron chi connectivity index (χ3n) is 3.19. The lowest BCUT2D eigenvalue weighted by Crippen LogP contribution is -2.29.